The van der Waals surface area contributed by atoms with Crippen LogP contribution in [-0.2, 0) is 14.3 Å². The number of benzene rings is 2. The number of aromatic nitrogens is 1. The van der Waals surface area contributed by atoms with Crippen LogP contribution < -0.4 is 15.5 Å². The van der Waals surface area contributed by atoms with Gasteiger partial charge in [0.1, 0.15) is 11.6 Å². The summed E-state index contributed by atoms with van der Waals surface area (Å²) in [5.41, 5.74) is 2.67. The summed E-state index contributed by atoms with van der Waals surface area (Å²) in [6, 6.07) is 13.5. The summed E-state index contributed by atoms with van der Waals surface area (Å²) >= 11 is 0. The predicted molar refractivity (Wildman–Crippen MR) is 122 cm³/mol. The molecule has 8 heteroatoms. The highest BCUT2D eigenvalue weighted by Gasteiger charge is 2.15. The number of amides is 2. The average Bonchev–Trinajstić information content (AvgIpc) is 2.80. The Balaban J connectivity index is 1.37. The summed E-state index contributed by atoms with van der Waals surface area (Å²) in [6.07, 6.45) is -0.0528. The fourth-order valence-corrected chi connectivity index (χ4v) is 3.63. The Kier molecular flexibility index (Phi) is 6.61. The van der Waals surface area contributed by atoms with Crippen molar-refractivity contribution in [3.05, 3.63) is 59.9 Å². The second-order valence-corrected chi connectivity index (χ2v) is 7.70. The first-order chi connectivity index (χ1) is 15.5. The lowest BCUT2D eigenvalue weighted by Gasteiger charge is -2.28. The zero-order valence-corrected chi connectivity index (χ0v) is 17.9. The fourth-order valence-electron chi connectivity index (χ4n) is 3.63. The molecule has 166 valence electrons. The molecule has 0 saturated carbocycles. The minimum Gasteiger partial charge on any atom is -0.378 e. The second-order valence-electron chi connectivity index (χ2n) is 7.70. The molecule has 0 atom stereocenters. The number of para-hydroxylation sites is 1. The number of rotatable bonds is 6. The normalized spacial score (nSPS) is 13.8. The number of halogens is 1. The molecule has 1 aliphatic heterocycles. The van der Waals surface area contributed by atoms with E-state index in [0.717, 1.165) is 35.4 Å². The SMILES string of the molecule is Cc1cc(N2CCOCC2)nc2ccc(NC(=O)CCC(=O)Nc3ccccc3F)cc12. The van der Waals surface area contributed by atoms with Gasteiger partial charge in [0.25, 0.3) is 0 Å². The molecule has 0 radical (unpaired) electrons. The largest absolute Gasteiger partial charge is 0.378 e. The molecule has 1 fully saturated rings. The van der Waals surface area contributed by atoms with Crippen LogP contribution >= 0.6 is 0 Å². The monoisotopic (exact) mass is 436 g/mol. The Bertz CT molecular complexity index is 1150. The first kappa shape index (κ1) is 21.7. The van der Waals surface area contributed by atoms with Crippen LogP contribution in [0.2, 0.25) is 0 Å². The van der Waals surface area contributed by atoms with Gasteiger partial charge in [-0.15, -0.1) is 0 Å². The minimum atomic E-state index is -0.512. The van der Waals surface area contributed by atoms with Gasteiger partial charge in [0.05, 0.1) is 24.4 Å². The Hall–Kier alpha value is -3.52. The Labute approximate surface area is 185 Å². The molecule has 1 aliphatic rings. The van der Waals surface area contributed by atoms with Gasteiger partial charge in [-0.2, -0.15) is 0 Å². The molecule has 0 unspecified atom stereocenters. The number of nitrogens with one attached hydrogen (secondary N) is 2. The summed E-state index contributed by atoms with van der Waals surface area (Å²) in [5.74, 6) is -0.291. The molecule has 3 aromatic rings. The molecule has 0 aliphatic carbocycles. The van der Waals surface area contributed by atoms with Crippen LogP contribution in [0, 0.1) is 12.7 Å². The molecule has 2 N–H and O–H groups in total. The van der Waals surface area contributed by atoms with Crippen LogP contribution in [0.4, 0.5) is 21.6 Å². The van der Waals surface area contributed by atoms with Gasteiger partial charge in [0.15, 0.2) is 0 Å². The van der Waals surface area contributed by atoms with Crippen molar-refractivity contribution in [1.29, 1.82) is 0 Å². The van der Waals surface area contributed by atoms with E-state index in [-0.39, 0.29) is 24.4 Å². The lowest BCUT2D eigenvalue weighted by Crippen LogP contribution is -2.36. The van der Waals surface area contributed by atoms with Gasteiger partial charge >= 0.3 is 0 Å². The standard InChI is InChI=1S/C24H25FN4O3/c1-16-14-22(29-10-12-32-13-11-29)27-20-7-6-17(15-18(16)20)26-23(30)8-9-24(31)28-21-5-3-2-4-19(21)25/h2-7,14-15H,8-13H2,1H3,(H,26,30)(H,28,31). The van der Waals surface area contributed by atoms with Crippen LogP contribution in [0.1, 0.15) is 18.4 Å². The van der Waals surface area contributed by atoms with Crippen LogP contribution in [0.15, 0.2) is 48.5 Å². The van der Waals surface area contributed by atoms with Crippen LogP contribution in [0.5, 0.6) is 0 Å². The average molecular weight is 436 g/mol. The molecule has 1 saturated heterocycles. The molecule has 32 heavy (non-hydrogen) atoms. The number of carbonyl (C=O) groups is 2. The first-order valence-electron chi connectivity index (χ1n) is 10.6. The van der Waals surface area contributed by atoms with Crippen molar-refractivity contribution in [3.8, 4) is 0 Å². The number of nitrogens with zero attached hydrogens (tertiary/aromatic N) is 2. The second kappa shape index (κ2) is 9.74. The lowest BCUT2D eigenvalue weighted by atomic mass is 10.1. The molecule has 0 bridgehead atoms. The van der Waals surface area contributed by atoms with Gasteiger partial charge in [-0.25, -0.2) is 9.37 Å². The van der Waals surface area contributed by atoms with E-state index in [1.165, 1.54) is 12.1 Å². The third-order valence-electron chi connectivity index (χ3n) is 5.35. The van der Waals surface area contributed by atoms with Crippen molar-refractivity contribution < 1.29 is 18.7 Å². The van der Waals surface area contributed by atoms with Crippen molar-refractivity contribution in [2.24, 2.45) is 0 Å². The van der Waals surface area contributed by atoms with Crippen molar-refractivity contribution in [2.45, 2.75) is 19.8 Å². The van der Waals surface area contributed by atoms with E-state index in [0.29, 0.717) is 18.9 Å². The number of morpholine rings is 1. The summed E-state index contributed by atoms with van der Waals surface area (Å²) in [4.78, 5) is 31.3. The van der Waals surface area contributed by atoms with E-state index in [1.54, 1.807) is 18.2 Å². The van der Waals surface area contributed by atoms with Gasteiger partial charge in [0.2, 0.25) is 11.8 Å². The zero-order chi connectivity index (χ0) is 22.5. The number of aryl methyl sites for hydroxylation is 1. The summed E-state index contributed by atoms with van der Waals surface area (Å²) < 4.78 is 19.0. The molecule has 2 amide bonds. The minimum absolute atomic E-state index is 0.00841. The maximum atomic E-state index is 13.6. The maximum Gasteiger partial charge on any atom is 0.224 e. The van der Waals surface area contributed by atoms with Gasteiger partial charge in [-0.1, -0.05) is 12.1 Å². The smallest absolute Gasteiger partial charge is 0.224 e. The van der Waals surface area contributed by atoms with E-state index in [1.807, 2.05) is 25.1 Å². The Morgan fingerprint density at radius 2 is 1.75 bits per heavy atom. The summed E-state index contributed by atoms with van der Waals surface area (Å²) in [7, 11) is 0. The molecule has 4 rings (SSSR count). The fraction of sp³-hybridized carbons (Fsp3) is 0.292. The number of anilines is 3. The van der Waals surface area contributed by atoms with E-state index in [9.17, 15) is 14.0 Å². The van der Waals surface area contributed by atoms with Crippen molar-refractivity contribution in [3.63, 3.8) is 0 Å². The number of hydrogen-bond donors (Lipinski definition) is 2. The maximum absolute atomic E-state index is 13.6. The van der Waals surface area contributed by atoms with E-state index in [2.05, 4.69) is 15.5 Å². The topological polar surface area (TPSA) is 83.6 Å². The van der Waals surface area contributed by atoms with E-state index >= 15 is 0 Å². The summed E-state index contributed by atoms with van der Waals surface area (Å²) in [5, 5.41) is 6.26. The number of carbonyl (C=O) groups excluding carboxylic acids is 2. The number of fused-ring (bicyclic) bond motifs is 1. The molecule has 2 heterocycles. The predicted octanol–water partition coefficient (Wildman–Crippen LogP) is 3.88. The molecule has 7 nitrogen and oxygen atoms in total. The molecular formula is C24H25FN4O3. The van der Waals surface area contributed by atoms with Crippen molar-refractivity contribution in [2.75, 3.05) is 41.8 Å². The van der Waals surface area contributed by atoms with Crippen LogP contribution in [-0.4, -0.2) is 43.1 Å². The number of ether oxygens (including phenoxy) is 1. The molecule has 1 aromatic heterocycles. The van der Waals surface area contributed by atoms with E-state index in [4.69, 9.17) is 9.72 Å². The third-order valence-corrected chi connectivity index (χ3v) is 5.35. The first-order valence-corrected chi connectivity index (χ1v) is 10.6. The highest BCUT2D eigenvalue weighted by atomic mass is 19.1. The van der Waals surface area contributed by atoms with Gasteiger partial charge in [-0.3, -0.25) is 9.59 Å². The van der Waals surface area contributed by atoms with Gasteiger partial charge < -0.3 is 20.3 Å². The van der Waals surface area contributed by atoms with E-state index < -0.39 is 11.7 Å². The molecule has 0 spiro atoms. The van der Waals surface area contributed by atoms with Crippen molar-refractivity contribution >= 4 is 39.9 Å². The highest BCUT2D eigenvalue weighted by molar-refractivity contribution is 5.98. The van der Waals surface area contributed by atoms with Crippen LogP contribution in [0.25, 0.3) is 10.9 Å². The Morgan fingerprint density at radius 3 is 2.50 bits per heavy atom. The highest BCUT2D eigenvalue weighted by Crippen LogP contribution is 2.26. The quantitative estimate of drug-likeness (QED) is 0.613. The van der Waals surface area contributed by atoms with Gasteiger partial charge in [0, 0.05) is 37.0 Å². The summed E-state index contributed by atoms with van der Waals surface area (Å²) in [6.45, 7) is 5.05. The molecular weight excluding hydrogens is 411 g/mol. The number of pyridine rings is 1. The van der Waals surface area contributed by atoms with Crippen molar-refractivity contribution in [1.82, 2.24) is 4.98 Å². The van der Waals surface area contributed by atoms with Crippen LogP contribution in [0.3, 0.4) is 0 Å². The molecule has 2 aromatic carbocycles. The Morgan fingerprint density at radius 1 is 1.03 bits per heavy atom. The van der Waals surface area contributed by atoms with Gasteiger partial charge in [-0.05, 0) is 48.9 Å². The lowest BCUT2D eigenvalue weighted by molar-refractivity contribution is -0.121. The third kappa shape index (κ3) is 5.20. The zero-order valence-electron chi connectivity index (χ0n) is 17.9. The number of hydrogen-bond acceptors (Lipinski definition) is 5.